The molecule has 0 bridgehead atoms. The van der Waals surface area contributed by atoms with Crippen LogP contribution in [-0.2, 0) is 10.0 Å². The summed E-state index contributed by atoms with van der Waals surface area (Å²) in [6.07, 6.45) is 0. The van der Waals surface area contributed by atoms with Crippen molar-refractivity contribution < 1.29 is 27.7 Å². The van der Waals surface area contributed by atoms with E-state index in [1.165, 1.54) is 24.3 Å². The Kier molecular flexibility index (Phi) is 5.60. The zero-order chi connectivity index (χ0) is 17.1. The van der Waals surface area contributed by atoms with Crippen LogP contribution in [0.3, 0.4) is 0 Å². The summed E-state index contributed by atoms with van der Waals surface area (Å²) in [5.41, 5.74) is -0.363. The average Bonchev–Trinajstić information content (AvgIpc) is 2.49. The molecule has 0 atom stereocenters. The van der Waals surface area contributed by atoms with Gasteiger partial charge in [0.05, 0.1) is 4.91 Å². The molecule has 1 aliphatic rings. The van der Waals surface area contributed by atoms with Gasteiger partial charge in [-0.1, -0.05) is 12.1 Å². The SMILES string of the molecule is O=[N+](O)c1ccccc1S(=O)(=O)NCCN1CCS([O-])(O)CC1. The molecular formula is C12H19N3O6S2. The van der Waals surface area contributed by atoms with E-state index in [1.807, 2.05) is 4.90 Å². The molecule has 1 saturated heterocycles. The van der Waals surface area contributed by atoms with Gasteiger partial charge in [0.2, 0.25) is 10.0 Å². The number of hydrogen-bond acceptors (Lipinski definition) is 6. The Balaban J connectivity index is 1.94. The Morgan fingerprint density at radius 1 is 1.30 bits per heavy atom. The lowest BCUT2D eigenvalue weighted by Crippen LogP contribution is -2.42. The molecule has 0 unspecified atom stereocenters. The van der Waals surface area contributed by atoms with Gasteiger partial charge < -0.3 is 19.7 Å². The minimum absolute atomic E-state index is 0.0908. The summed E-state index contributed by atoms with van der Waals surface area (Å²) < 4.78 is 47.6. The second-order valence-electron chi connectivity index (χ2n) is 5.16. The highest BCUT2D eigenvalue weighted by Gasteiger charge is 2.28. The molecule has 1 aromatic rings. The Labute approximate surface area is 135 Å². The van der Waals surface area contributed by atoms with Crippen LogP contribution in [0.5, 0.6) is 0 Å². The maximum Gasteiger partial charge on any atom is 0.336 e. The van der Waals surface area contributed by atoms with E-state index >= 15 is 0 Å². The zero-order valence-corrected chi connectivity index (χ0v) is 13.9. The maximum atomic E-state index is 12.2. The third kappa shape index (κ3) is 4.86. The molecule has 0 saturated carbocycles. The Morgan fingerprint density at radius 3 is 2.52 bits per heavy atom. The van der Waals surface area contributed by atoms with Crippen LogP contribution in [0.4, 0.5) is 5.69 Å². The predicted octanol–water partition coefficient (Wildman–Crippen LogP) is 0.488. The second kappa shape index (κ2) is 7.11. The summed E-state index contributed by atoms with van der Waals surface area (Å²) in [7, 11) is -6.67. The number of hydrogen-bond donors (Lipinski definition) is 3. The molecule has 130 valence electrons. The van der Waals surface area contributed by atoms with Gasteiger partial charge in [0.25, 0.3) is 4.92 Å². The molecule has 9 nitrogen and oxygen atoms in total. The van der Waals surface area contributed by atoms with Crippen molar-refractivity contribution in [3.05, 3.63) is 29.2 Å². The minimum atomic E-state index is -3.94. The molecule has 0 radical (unpaired) electrons. The Bertz CT molecular complexity index is 669. The fourth-order valence-electron chi connectivity index (χ4n) is 2.24. The van der Waals surface area contributed by atoms with Gasteiger partial charge in [0.15, 0.2) is 4.90 Å². The van der Waals surface area contributed by atoms with E-state index in [4.69, 9.17) is 5.21 Å². The summed E-state index contributed by atoms with van der Waals surface area (Å²) >= 11 is 0. The van der Waals surface area contributed by atoms with Crippen molar-refractivity contribution in [1.29, 1.82) is 0 Å². The van der Waals surface area contributed by atoms with E-state index in [0.29, 0.717) is 19.6 Å². The zero-order valence-electron chi connectivity index (χ0n) is 12.3. The largest absolute Gasteiger partial charge is 0.768 e. The molecule has 1 aliphatic heterocycles. The average molecular weight is 365 g/mol. The summed E-state index contributed by atoms with van der Waals surface area (Å²) in [6, 6.07) is 5.31. The van der Waals surface area contributed by atoms with Crippen molar-refractivity contribution >= 4 is 26.3 Å². The molecule has 0 spiro atoms. The van der Waals surface area contributed by atoms with Crippen LogP contribution >= 0.6 is 10.6 Å². The van der Waals surface area contributed by atoms with Crippen LogP contribution in [0, 0.1) is 4.91 Å². The number of nitrogens with zero attached hydrogens (tertiary/aromatic N) is 2. The molecule has 1 aromatic carbocycles. The summed E-state index contributed by atoms with van der Waals surface area (Å²) in [5.74, 6) is 0.358. The summed E-state index contributed by atoms with van der Waals surface area (Å²) in [6.45, 7) is 1.34. The van der Waals surface area contributed by atoms with Crippen LogP contribution in [-0.4, -0.2) is 70.2 Å². The van der Waals surface area contributed by atoms with E-state index in [-0.39, 0.29) is 28.6 Å². The molecule has 2 rings (SSSR count). The van der Waals surface area contributed by atoms with E-state index in [2.05, 4.69) is 4.72 Å². The fraction of sp³-hybridized carbons (Fsp3) is 0.500. The predicted molar refractivity (Wildman–Crippen MR) is 83.9 cm³/mol. The fourth-order valence-corrected chi connectivity index (χ4v) is 4.73. The lowest BCUT2D eigenvalue weighted by molar-refractivity contribution is -0.731. The lowest BCUT2D eigenvalue weighted by Gasteiger charge is -2.51. The van der Waals surface area contributed by atoms with E-state index < -0.39 is 25.5 Å². The second-order valence-corrected chi connectivity index (χ2v) is 9.26. The van der Waals surface area contributed by atoms with Crippen LogP contribution < -0.4 is 4.72 Å². The first-order chi connectivity index (χ1) is 10.7. The number of para-hydroxylation sites is 1. The van der Waals surface area contributed by atoms with Gasteiger partial charge in [0, 0.05) is 43.8 Å². The van der Waals surface area contributed by atoms with Gasteiger partial charge in [-0.25, -0.2) is 18.3 Å². The first kappa shape index (κ1) is 18.1. The molecule has 0 amide bonds. The molecule has 0 aromatic heterocycles. The molecule has 1 heterocycles. The standard InChI is InChI=1S/C12H19N3O6S2/c16-15(17)11-3-1-2-4-12(11)23(20,21)13-5-6-14-7-9-22(18,19)10-8-14/h1-4,13H,5-10H2,(H2-,16,17,18,19). The molecule has 3 N–H and O–H groups in total. The smallest absolute Gasteiger partial charge is 0.336 e. The minimum Gasteiger partial charge on any atom is -0.768 e. The van der Waals surface area contributed by atoms with E-state index in [1.54, 1.807) is 0 Å². The highest BCUT2D eigenvalue weighted by molar-refractivity contribution is 8.24. The van der Waals surface area contributed by atoms with Gasteiger partial charge in [-0.2, -0.15) is 0 Å². The van der Waals surface area contributed by atoms with Crippen molar-refractivity contribution in [2.45, 2.75) is 4.90 Å². The van der Waals surface area contributed by atoms with Gasteiger partial charge >= 0.3 is 5.69 Å². The third-order valence-corrected chi connectivity index (χ3v) is 6.68. The van der Waals surface area contributed by atoms with Crippen LogP contribution in [0.25, 0.3) is 0 Å². The number of sulfonamides is 1. The monoisotopic (exact) mass is 365 g/mol. The normalized spacial score (nSPS) is 20.1. The van der Waals surface area contributed by atoms with Gasteiger partial charge in [0.1, 0.15) is 0 Å². The highest BCUT2D eigenvalue weighted by atomic mass is 32.3. The van der Waals surface area contributed by atoms with Crippen molar-refractivity contribution in [2.75, 3.05) is 37.7 Å². The molecule has 1 fully saturated rings. The number of nitrogens with one attached hydrogen (secondary N) is 1. The molecular weight excluding hydrogens is 346 g/mol. The first-order valence-corrected chi connectivity index (χ1v) is 10.2. The third-order valence-electron chi connectivity index (χ3n) is 3.53. The molecule has 11 heteroatoms. The van der Waals surface area contributed by atoms with Crippen molar-refractivity contribution in [3.63, 3.8) is 0 Å². The first-order valence-electron chi connectivity index (χ1n) is 6.90. The summed E-state index contributed by atoms with van der Waals surface area (Å²) in [4.78, 5) is 12.1. The quantitative estimate of drug-likeness (QED) is 0.625. The van der Waals surface area contributed by atoms with E-state index in [0.717, 1.165) is 0 Å². The van der Waals surface area contributed by atoms with E-state index in [9.17, 15) is 22.4 Å². The van der Waals surface area contributed by atoms with Crippen molar-refractivity contribution in [2.24, 2.45) is 0 Å². The van der Waals surface area contributed by atoms with Crippen molar-refractivity contribution in [1.82, 2.24) is 9.62 Å². The maximum absolute atomic E-state index is 12.2. The van der Waals surface area contributed by atoms with Crippen molar-refractivity contribution in [3.8, 4) is 0 Å². The molecule has 0 aliphatic carbocycles. The molecule has 23 heavy (non-hydrogen) atoms. The van der Waals surface area contributed by atoms with Crippen LogP contribution in [0.2, 0.25) is 0 Å². The number of rotatable bonds is 6. The van der Waals surface area contributed by atoms with Gasteiger partial charge in [-0.3, -0.25) is 4.90 Å². The van der Waals surface area contributed by atoms with Crippen LogP contribution in [0.15, 0.2) is 29.2 Å². The van der Waals surface area contributed by atoms with Crippen LogP contribution in [0.1, 0.15) is 0 Å². The van der Waals surface area contributed by atoms with Gasteiger partial charge in [-0.05, 0) is 6.07 Å². The Morgan fingerprint density at radius 2 is 1.91 bits per heavy atom. The number of benzene rings is 1. The lowest BCUT2D eigenvalue weighted by atomic mass is 10.3. The topological polar surface area (TPSA) is 133 Å². The highest BCUT2D eigenvalue weighted by Crippen LogP contribution is 2.39. The van der Waals surface area contributed by atoms with Gasteiger partial charge in [-0.15, -0.1) is 0 Å². The summed E-state index contributed by atoms with van der Waals surface area (Å²) in [5, 5.41) is 8.97. The Hall–Kier alpha value is -1.24.